The average molecular weight is 368 g/mol. The molecule has 1 aromatic rings. The van der Waals surface area contributed by atoms with Crippen LogP contribution in [0.5, 0.6) is 0 Å². The summed E-state index contributed by atoms with van der Waals surface area (Å²) in [7, 11) is 0. The van der Waals surface area contributed by atoms with E-state index in [1.54, 1.807) is 18.2 Å². The molecular weight excluding hydrogens is 354 g/mol. The molecule has 21 heavy (non-hydrogen) atoms. The average Bonchev–Trinajstić information content (AvgIpc) is 2.79. The summed E-state index contributed by atoms with van der Waals surface area (Å²) in [5.74, 6) is -0.385. The highest BCUT2D eigenvalue weighted by Gasteiger charge is 2.31. The Morgan fingerprint density at radius 2 is 2.19 bits per heavy atom. The van der Waals surface area contributed by atoms with Crippen LogP contribution in [0.1, 0.15) is 6.42 Å². The van der Waals surface area contributed by atoms with Gasteiger partial charge in [0.2, 0.25) is 11.8 Å². The van der Waals surface area contributed by atoms with E-state index in [1.807, 2.05) is 12.1 Å². The summed E-state index contributed by atoms with van der Waals surface area (Å²) in [6.45, 7) is 4.01. The van der Waals surface area contributed by atoms with Gasteiger partial charge in [0.05, 0.1) is 6.54 Å². The van der Waals surface area contributed by atoms with Gasteiger partial charge in [0.15, 0.2) is 5.17 Å². The lowest BCUT2D eigenvalue weighted by Gasteiger charge is -2.07. The number of amides is 2. The van der Waals surface area contributed by atoms with Gasteiger partial charge in [0.1, 0.15) is 5.25 Å². The minimum absolute atomic E-state index is 0.111. The maximum absolute atomic E-state index is 11.9. The number of rotatable bonds is 5. The summed E-state index contributed by atoms with van der Waals surface area (Å²) < 4.78 is 0.939. The van der Waals surface area contributed by atoms with Crippen LogP contribution < -0.4 is 10.6 Å². The summed E-state index contributed by atoms with van der Waals surface area (Å²) in [5.41, 5.74) is 0.701. The Hall–Kier alpha value is -1.60. The molecule has 0 unspecified atom stereocenters. The van der Waals surface area contributed by atoms with E-state index in [1.165, 1.54) is 11.8 Å². The molecule has 1 heterocycles. The van der Waals surface area contributed by atoms with Crippen molar-refractivity contribution in [2.24, 2.45) is 4.99 Å². The van der Waals surface area contributed by atoms with E-state index in [4.69, 9.17) is 0 Å². The number of benzene rings is 1. The molecule has 2 amide bonds. The third-order valence-electron chi connectivity index (χ3n) is 2.64. The van der Waals surface area contributed by atoms with Crippen LogP contribution in [0, 0.1) is 0 Å². The fraction of sp³-hybridized carbons (Fsp3) is 0.214. The van der Waals surface area contributed by atoms with Crippen LogP contribution in [0.2, 0.25) is 0 Å². The number of anilines is 1. The van der Waals surface area contributed by atoms with Crippen LogP contribution >= 0.6 is 27.7 Å². The largest absolute Gasteiger partial charge is 0.326 e. The molecule has 0 bridgehead atoms. The second-order valence-electron chi connectivity index (χ2n) is 4.29. The zero-order valence-electron chi connectivity index (χ0n) is 11.1. The number of hydrogen-bond donors (Lipinski definition) is 2. The van der Waals surface area contributed by atoms with Crippen LogP contribution in [0.4, 0.5) is 5.69 Å². The van der Waals surface area contributed by atoms with Crippen molar-refractivity contribution in [2.45, 2.75) is 11.7 Å². The van der Waals surface area contributed by atoms with Gasteiger partial charge < -0.3 is 10.6 Å². The number of aliphatic imine (C=N–C) groups is 1. The maximum Gasteiger partial charge on any atom is 0.240 e. The summed E-state index contributed by atoms with van der Waals surface area (Å²) in [5, 5.41) is 5.52. The topological polar surface area (TPSA) is 70.6 Å². The highest BCUT2D eigenvalue weighted by Crippen LogP contribution is 2.23. The van der Waals surface area contributed by atoms with Gasteiger partial charge in [-0.05, 0) is 24.3 Å². The van der Waals surface area contributed by atoms with Crippen molar-refractivity contribution in [1.29, 1.82) is 0 Å². The number of hydrogen-bond acceptors (Lipinski definition) is 4. The van der Waals surface area contributed by atoms with E-state index in [9.17, 15) is 9.59 Å². The first-order valence-electron chi connectivity index (χ1n) is 6.27. The first-order valence-corrected chi connectivity index (χ1v) is 7.94. The smallest absolute Gasteiger partial charge is 0.240 e. The molecule has 0 aromatic heterocycles. The van der Waals surface area contributed by atoms with Gasteiger partial charge in [0.25, 0.3) is 0 Å². The monoisotopic (exact) mass is 367 g/mol. The highest BCUT2D eigenvalue weighted by atomic mass is 79.9. The SMILES string of the molecule is C=CCN=C1NC(=O)[C@H](CC(=O)Nc2ccc(Br)cc2)S1. The molecule has 1 aliphatic rings. The quantitative estimate of drug-likeness (QED) is 0.785. The Morgan fingerprint density at radius 3 is 2.86 bits per heavy atom. The van der Waals surface area contributed by atoms with Crippen LogP contribution in [0.25, 0.3) is 0 Å². The number of thioether (sulfide) groups is 1. The van der Waals surface area contributed by atoms with Gasteiger partial charge in [-0.25, -0.2) is 0 Å². The van der Waals surface area contributed by atoms with Crippen LogP contribution in [-0.4, -0.2) is 28.8 Å². The summed E-state index contributed by atoms with van der Waals surface area (Å²) in [6.07, 6.45) is 1.76. The molecule has 0 aliphatic carbocycles. The van der Waals surface area contributed by atoms with Crippen LogP contribution in [0.15, 0.2) is 46.4 Å². The van der Waals surface area contributed by atoms with E-state index in [0.717, 1.165) is 4.47 Å². The van der Waals surface area contributed by atoms with Gasteiger partial charge in [-0.15, -0.1) is 6.58 Å². The molecule has 2 rings (SSSR count). The summed E-state index contributed by atoms with van der Waals surface area (Å²) in [6, 6.07) is 7.26. The molecule has 7 heteroatoms. The van der Waals surface area contributed by atoms with E-state index < -0.39 is 5.25 Å². The molecule has 2 N–H and O–H groups in total. The first-order chi connectivity index (χ1) is 10.1. The number of carbonyl (C=O) groups excluding carboxylic acids is 2. The van der Waals surface area contributed by atoms with E-state index in [-0.39, 0.29) is 18.2 Å². The Morgan fingerprint density at radius 1 is 1.48 bits per heavy atom. The fourth-order valence-electron chi connectivity index (χ4n) is 1.68. The molecule has 110 valence electrons. The maximum atomic E-state index is 11.9. The Kier molecular flexibility index (Phi) is 5.58. The lowest BCUT2D eigenvalue weighted by molar-refractivity contribution is -0.122. The lowest BCUT2D eigenvalue weighted by Crippen LogP contribution is -2.28. The van der Waals surface area contributed by atoms with Gasteiger partial charge in [-0.2, -0.15) is 0 Å². The Bertz CT molecular complexity index is 586. The zero-order valence-corrected chi connectivity index (χ0v) is 13.5. The number of nitrogens with one attached hydrogen (secondary N) is 2. The molecule has 1 atom stereocenters. The second kappa shape index (κ2) is 7.42. The van der Waals surface area contributed by atoms with Crippen molar-refractivity contribution in [3.8, 4) is 0 Å². The van der Waals surface area contributed by atoms with Crippen molar-refractivity contribution in [1.82, 2.24) is 5.32 Å². The third kappa shape index (κ3) is 4.71. The molecule has 1 fully saturated rings. The molecule has 0 spiro atoms. The van der Waals surface area contributed by atoms with Gasteiger partial charge in [-0.3, -0.25) is 14.6 Å². The van der Waals surface area contributed by atoms with Gasteiger partial charge >= 0.3 is 0 Å². The van der Waals surface area contributed by atoms with Crippen LogP contribution in [-0.2, 0) is 9.59 Å². The van der Waals surface area contributed by atoms with E-state index >= 15 is 0 Å². The summed E-state index contributed by atoms with van der Waals surface area (Å²) in [4.78, 5) is 27.8. The zero-order chi connectivity index (χ0) is 15.2. The molecule has 1 aromatic carbocycles. The molecular formula is C14H14BrN3O2S. The fourth-order valence-corrected chi connectivity index (χ4v) is 2.92. The number of halogens is 1. The van der Waals surface area contributed by atoms with E-state index in [2.05, 4.69) is 38.1 Å². The van der Waals surface area contributed by atoms with Crippen molar-refractivity contribution in [3.63, 3.8) is 0 Å². The number of nitrogens with zero attached hydrogens (tertiary/aromatic N) is 1. The normalized spacial score (nSPS) is 19.4. The number of carbonyl (C=O) groups is 2. The lowest BCUT2D eigenvalue weighted by atomic mass is 10.2. The second-order valence-corrected chi connectivity index (χ2v) is 6.40. The minimum Gasteiger partial charge on any atom is -0.326 e. The van der Waals surface area contributed by atoms with Gasteiger partial charge in [0, 0.05) is 16.6 Å². The summed E-state index contributed by atoms with van der Waals surface area (Å²) >= 11 is 4.60. The molecule has 1 aliphatic heterocycles. The molecule has 0 saturated carbocycles. The van der Waals surface area contributed by atoms with Crippen LogP contribution in [0.3, 0.4) is 0 Å². The molecule has 1 saturated heterocycles. The Balaban J connectivity index is 1.89. The predicted molar refractivity (Wildman–Crippen MR) is 89.4 cm³/mol. The van der Waals surface area contributed by atoms with Crippen molar-refractivity contribution in [3.05, 3.63) is 41.4 Å². The number of amidine groups is 1. The minimum atomic E-state index is -0.441. The Labute approximate surface area is 135 Å². The standard InChI is InChI=1S/C14H14BrN3O2S/c1-2-7-16-14-18-13(20)11(21-14)8-12(19)17-10-5-3-9(15)4-6-10/h2-6,11H,1,7-8H2,(H,17,19)(H,16,18,20)/t11-/m0/s1. The third-order valence-corrected chi connectivity index (χ3v) is 4.29. The van der Waals surface area contributed by atoms with Crippen molar-refractivity contribution >= 4 is 50.4 Å². The van der Waals surface area contributed by atoms with Crippen molar-refractivity contribution in [2.75, 3.05) is 11.9 Å². The molecule has 5 nitrogen and oxygen atoms in total. The molecule has 0 radical (unpaired) electrons. The van der Waals surface area contributed by atoms with E-state index in [0.29, 0.717) is 17.4 Å². The van der Waals surface area contributed by atoms with Gasteiger partial charge in [-0.1, -0.05) is 33.8 Å². The predicted octanol–water partition coefficient (Wildman–Crippen LogP) is 2.55. The highest BCUT2D eigenvalue weighted by molar-refractivity contribution is 9.10. The van der Waals surface area contributed by atoms with Crippen molar-refractivity contribution < 1.29 is 9.59 Å². The first kappa shape index (κ1) is 15.8.